The average Bonchev–Trinajstić information content (AvgIpc) is 4.08. The lowest BCUT2D eigenvalue weighted by Crippen LogP contribution is -2.62. The third kappa shape index (κ3) is 6.64. The number of aryl methyl sites for hydroxylation is 3. The van der Waals surface area contributed by atoms with Gasteiger partial charge in [-0.2, -0.15) is 0 Å². The Hall–Kier alpha value is -6.98. The molecular formula is C75H78BN3O. The molecule has 2 unspecified atom stereocenters. The van der Waals surface area contributed by atoms with Gasteiger partial charge in [0, 0.05) is 55.9 Å². The first kappa shape index (κ1) is 50.0. The van der Waals surface area contributed by atoms with E-state index in [0.29, 0.717) is 0 Å². The van der Waals surface area contributed by atoms with Crippen molar-refractivity contribution >= 4 is 90.5 Å². The quantitative estimate of drug-likeness (QED) is 0.164. The lowest BCUT2D eigenvalue weighted by atomic mass is 9.33. The molecule has 0 amide bonds. The molecule has 9 aromatic rings. The predicted octanol–water partition coefficient (Wildman–Crippen LogP) is 18.7. The van der Waals surface area contributed by atoms with Crippen molar-refractivity contribution in [3.8, 4) is 11.1 Å². The highest BCUT2D eigenvalue weighted by molar-refractivity contribution is 7.00. The number of nitrogens with zero attached hydrogens (tertiary/aromatic N) is 3. The highest BCUT2D eigenvalue weighted by Gasteiger charge is 2.58. The minimum absolute atomic E-state index is 0.00700. The Balaban J connectivity index is 1.14. The molecule has 4 heterocycles. The van der Waals surface area contributed by atoms with Gasteiger partial charge in [-0.25, -0.2) is 0 Å². The second-order valence-corrected chi connectivity index (χ2v) is 28.6. The van der Waals surface area contributed by atoms with Crippen molar-refractivity contribution in [3.63, 3.8) is 0 Å². The number of para-hydroxylation sites is 2. The van der Waals surface area contributed by atoms with Crippen LogP contribution in [0.1, 0.15) is 165 Å². The van der Waals surface area contributed by atoms with Crippen molar-refractivity contribution in [2.24, 2.45) is 0 Å². The van der Waals surface area contributed by atoms with Gasteiger partial charge in [-0.1, -0.05) is 172 Å². The van der Waals surface area contributed by atoms with Crippen LogP contribution in [0.25, 0.3) is 33.1 Å². The molecule has 0 spiro atoms. The van der Waals surface area contributed by atoms with Crippen LogP contribution < -0.4 is 31.1 Å². The zero-order valence-corrected chi connectivity index (χ0v) is 49.8. The van der Waals surface area contributed by atoms with Crippen LogP contribution in [0.3, 0.4) is 0 Å². The lowest BCUT2D eigenvalue weighted by Gasteiger charge is -2.51. The van der Waals surface area contributed by atoms with E-state index in [1.165, 1.54) is 143 Å². The van der Waals surface area contributed by atoms with E-state index in [0.717, 1.165) is 47.6 Å². The van der Waals surface area contributed by atoms with E-state index in [-0.39, 0.29) is 39.3 Å². The predicted molar refractivity (Wildman–Crippen MR) is 341 cm³/mol. The minimum atomic E-state index is -0.169. The second-order valence-electron chi connectivity index (χ2n) is 28.6. The standard InChI is InChI=1S/C75H78BN3O/c1-45-23-14-15-25-49(45)66-46(2)24-22-29-60(66)77-62-44-56-54(71(6,7)36-38-73(56,10)11)42-58(62)76-57-32-31-51-50-26-16-19-30-65(50)80-69(51)68(57)78(61-43-55-53(39-47(61)3)70(4,5)35-37-72(55,8)9)64-41-48(40-63(77)67(64)76)79-59-28-18-17-27-52(59)74(12)33-20-21-34-75(74,79)13/h14-19,22-32,39-44H,20-21,33-38H2,1-13H3. The van der Waals surface area contributed by atoms with Crippen LogP contribution in [-0.4, -0.2) is 12.3 Å². The molecule has 6 aliphatic rings. The van der Waals surface area contributed by atoms with Crippen molar-refractivity contribution in [1.29, 1.82) is 0 Å². The molecular weight excluding hydrogens is 970 g/mol. The van der Waals surface area contributed by atoms with E-state index >= 15 is 0 Å². The summed E-state index contributed by atoms with van der Waals surface area (Å²) in [5.74, 6) is 0. The van der Waals surface area contributed by atoms with Gasteiger partial charge in [-0.15, -0.1) is 0 Å². The maximum atomic E-state index is 7.42. The van der Waals surface area contributed by atoms with Crippen molar-refractivity contribution in [1.82, 2.24) is 0 Å². The second kappa shape index (κ2) is 16.6. The van der Waals surface area contributed by atoms with Gasteiger partial charge in [0.15, 0.2) is 5.58 Å². The number of furan rings is 1. The van der Waals surface area contributed by atoms with Gasteiger partial charge in [0.1, 0.15) is 5.58 Å². The fourth-order valence-electron chi connectivity index (χ4n) is 17.0. The summed E-state index contributed by atoms with van der Waals surface area (Å²) in [4.78, 5) is 8.32. The van der Waals surface area contributed by atoms with E-state index in [1.54, 1.807) is 0 Å². The number of benzene rings is 8. The molecule has 15 rings (SSSR count). The zero-order chi connectivity index (χ0) is 55.4. The molecule has 4 nitrogen and oxygen atoms in total. The van der Waals surface area contributed by atoms with Gasteiger partial charge in [0.05, 0.1) is 16.9 Å². The molecule has 3 aliphatic carbocycles. The normalized spacial score (nSPS) is 22.3. The summed E-state index contributed by atoms with van der Waals surface area (Å²) in [6.45, 7) is 32.0. The SMILES string of the molecule is Cc1ccccc1-c1c(C)cccc1N1c2cc3c(cc2B2c4ccc5c(oc6ccccc65)c4N(c4cc5c(cc4C)C(C)(C)CCC5(C)C)c4cc(N5c6ccccc6C6(C)CCCCC56C)cc1c42)C(C)(C)CCC3(C)C. The van der Waals surface area contributed by atoms with Gasteiger partial charge in [0.2, 0.25) is 0 Å². The molecule has 1 saturated carbocycles. The Bertz CT molecular complexity index is 4150. The highest BCUT2D eigenvalue weighted by atomic mass is 16.3. The molecule has 0 saturated heterocycles. The van der Waals surface area contributed by atoms with Gasteiger partial charge in [-0.05, 0) is 197 Å². The van der Waals surface area contributed by atoms with Crippen LogP contribution in [0.2, 0.25) is 0 Å². The Morgan fingerprint density at radius 1 is 0.425 bits per heavy atom. The van der Waals surface area contributed by atoms with Crippen LogP contribution >= 0.6 is 0 Å². The first-order valence-corrected chi connectivity index (χ1v) is 30.3. The van der Waals surface area contributed by atoms with E-state index in [4.69, 9.17) is 4.42 Å². The largest absolute Gasteiger partial charge is 0.454 e. The zero-order valence-electron chi connectivity index (χ0n) is 49.8. The first-order valence-electron chi connectivity index (χ1n) is 30.3. The number of rotatable bonds is 4. The highest BCUT2D eigenvalue weighted by Crippen LogP contribution is 2.63. The van der Waals surface area contributed by atoms with Gasteiger partial charge >= 0.3 is 0 Å². The Kier molecular flexibility index (Phi) is 10.4. The van der Waals surface area contributed by atoms with Crippen LogP contribution in [-0.2, 0) is 27.1 Å². The van der Waals surface area contributed by atoms with Crippen molar-refractivity contribution < 1.29 is 4.42 Å². The molecule has 80 heavy (non-hydrogen) atoms. The molecule has 1 fully saturated rings. The topological polar surface area (TPSA) is 22.9 Å². The average molecular weight is 1050 g/mol. The third-order valence-corrected chi connectivity index (χ3v) is 22.1. The van der Waals surface area contributed by atoms with E-state index in [2.05, 4.69) is 244 Å². The Morgan fingerprint density at radius 2 is 1.01 bits per heavy atom. The number of anilines is 8. The third-order valence-electron chi connectivity index (χ3n) is 22.1. The van der Waals surface area contributed by atoms with E-state index in [9.17, 15) is 0 Å². The summed E-state index contributed by atoms with van der Waals surface area (Å²) >= 11 is 0. The van der Waals surface area contributed by atoms with Crippen LogP contribution in [0.4, 0.5) is 45.5 Å². The summed E-state index contributed by atoms with van der Waals surface area (Å²) in [7, 11) is 0. The summed E-state index contributed by atoms with van der Waals surface area (Å²) in [5, 5.41) is 2.32. The molecule has 5 heteroatoms. The molecule has 8 aromatic carbocycles. The first-order chi connectivity index (χ1) is 38.1. The van der Waals surface area contributed by atoms with Crippen LogP contribution in [0.15, 0.2) is 144 Å². The molecule has 0 N–H and O–H groups in total. The van der Waals surface area contributed by atoms with Crippen molar-refractivity contribution in [3.05, 3.63) is 184 Å². The maximum absolute atomic E-state index is 7.42. The number of fused-ring (bicyclic) bond motifs is 13. The molecule has 0 bridgehead atoms. The molecule has 0 radical (unpaired) electrons. The Morgan fingerprint density at radius 3 is 1.74 bits per heavy atom. The monoisotopic (exact) mass is 1050 g/mol. The van der Waals surface area contributed by atoms with Crippen molar-refractivity contribution in [2.45, 2.75) is 174 Å². The molecule has 402 valence electrons. The fraction of sp³-hybridized carbons (Fsp3) is 0.360. The number of hydrogen-bond donors (Lipinski definition) is 0. The van der Waals surface area contributed by atoms with Crippen LogP contribution in [0, 0.1) is 20.8 Å². The Labute approximate surface area is 476 Å². The smallest absolute Gasteiger partial charge is 0.252 e. The summed E-state index contributed by atoms with van der Waals surface area (Å²) in [5.41, 5.74) is 29.5. The van der Waals surface area contributed by atoms with Crippen molar-refractivity contribution in [2.75, 3.05) is 14.7 Å². The van der Waals surface area contributed by atoms with Gasteiger partial charge in [-0.3, -0.25) is 0 Å². The van der Waals surface area contributed by atoms with Gasteiger partial charge < -0.3 is 19.1 Å². The van der Waals surface area contributed by atoms with E-state index in [1.807, 2.05) is 0 Å². The maximum Gasteiger partial charge on any atom is 0.252 e. The van der Waals surface area contributed by atoms with E-state index < -0.39 is 0 Å². The molecule has 1 aromatic heterocycles. The summed E-state index contributed by atoms with van der Waals surface area (Å²) in [6, 6.07) is 55.1. The van der Waals surface area contributed by atoms with Gasteiger partial charge in [0.25, 0.3) is 6.71 Å². The summed E-state index contributed by atoms with van der Waals surface area (Å²) in [6.07, 6.45) is 9.33. The van der Waals surface area contributed by atoms with Crippen LogP contribution in [0.5, 0.6) is 0 Å². The minimum Gasteiger partial charge on any atom is -0.454 e. The fourth-order valence-corrected chi connectivity index (χ4v) is 17.0. The molecule has 3 aliphatic heterocycles. The number of hydrogen-bond acceptors (Lipinski definition) is 4. The lowest BCUT2D eigenvalue weighted by molar-refractivity contribution is 0.195. The summed E-state index contributed by atoms with van der Waals surface area (Å²) < 4.78 is 7.42. The molecule has 2 atom stereocenters.